The van der Waals surface area contributed by atoms with E-state index >= 15 is 0 Å². The standard InChI is InChI=1S/C16H13NO/c1-2-9-14-13(7-1)8-5-6-12-18-17-16-11-4-3-10-15(14)16/h1-12,17H/b8-5+,12-6-. The minimum atomic E-state index is 0.963. The number of benzene rings is 2. The van der Waals surface area contributed by atoms with Gasteiger partial charge in [0.15, 0.2) is 0 Å². The average Bonchev–Trinajstić information content (AvgIpc) is 2.44. The van der Waals surface area contributed by atoms with Crippen molar-refractivity contribution in [2.45, 2.75) is 0 Å². The first-order chi connectivity index (χ1) is 8.95. The Kier molecular flexibility index (Phi) is 2.84. The summed E-state index contributed by atoms with van der Waals surface area (Å²) in [6.45, 7) is 0. The predicted molar refractivity (Wildman–Crippen MR) is 74.8 cm³/mol. The number of rotatable bonds is 0. The Hall–Kier alpha value is -2.48. The monoisotopic (exact) mass is 235 g/mol. The zero-order valence-corrected chi connectivity index (χ0v) is 9.84. The molecule has 0 spiro atoms. The molecule has 18 heavy (non-hydrogen) atoms. The summed E-state index contributed by atoms with van der Waals surface area (Å²) in [7, 11) is 0. The molecule has 88 valence electrons. The number of hydrogen-bond acceptors (Lipinski definition) is 2. The number of hydrogen-bond donors (Lipinski definition) is 1. The molecule has 2 heteroatoms. The molecule has 0 radical (unpaired) electrons. The Labute approximate surface area is 106 Å². The third-order valence-electron chi connectivity index (χ3n) is 2.88. The smallest absolute Gasteiger partial charge is 0.119 e. The Morgan fingerprint density at radius 2 is 1.56 bits per heavy atom. The van der Waals surface area contributed by atoms with Crippen molar-refractivity contribution in [2.75, 3.05) is 5.48 Å². The molecule has 0 amide bonds. The maximum Gasteiger partial charge on any atom is 0.119 e. The van der Waals surface area contributed by atoms with Gasteiger partial charge in [-0.2, -0.15) is 0 Å². The molecule has 0 unspecified atom stereocenters. The van der Waals surface area contributed by atoms with E-state index in [-0.39, 0.29) is 0 Å². The summed E-state index contributed by atoms with van der Waals surface area (Å²) in [5.74, 6) is 0. The predicted octanol–water partition coefficient (Wildman–Crippen LogP) is 4.24. The van der Waals surface area contributed by atoms with Gasteiger partial charge in [-0.1, -0.05) is 54.6 Å². The van der Waals surface area contributed by atoms with Crippen LogP contribution in [0, 0.1) is 0 Å². The fourth-order valence-corrected chi connectivity index (χ4v) is 2.04. The molecule has 2 nitrogen and oxygen atoms in total. The summed E-state index contributed by atoms with van der Waals surface area (Å²) < 4.78 is 0. The maximum atomic E-state index is 5.27. The van der Waals surface area contributed by atoms with Crippen LogP contribution >= 0.6 is 0 Å². The molecule has 0 fully saturated rings. The summed E-state index contributed by atoms with van der Waals surface area (Å²) in [6, 6.07) is 16.4. The zero-order valence-electron chi connectivity index (χ0n) is 9.84. The second-order valence-corrected chi connectivity index (χ2v) is 4.04. The molecule has 1 aliphatic rings. The minimum Gasteiger partial charge on any atom is -0.390 e. The number of fused-ring (bicyclic) bond motifs is 3. The van der Waals surface area contributed by atoms with Crippen LogP contribution in [0.5, 0.6) is 0 Å². The molecule has 1 aliphatic heterocycles. The summed E-state index contributed by atoms with van der Waals surface area (Å²) in [5, 5.41) is 0. The maximum absolute atomic E-state index is 5.27. The van der Waals surface area contributed by atoms with Crippen molar-refractivity contribution < 1.29 is 4.84 Å². The first-order valence-corrected chi connectivity index (χ1v) is 5.88. The molecule has 0 aliphatic carbocycles. The van der Waals surface area contributed by atoms with Gasteiger partial charge in [0.05, 0.1) is 5.69 Å². The van der Waals surface area contributed by atoms with Gasteiger partial charge in [0.1, 0.15) is 6.26 Å². The lowest BCUT2D eigenvalue weighted by Gasteiger charge is -2.13. The van der Waals surface area contributed by atoms with Gasteiger partial charge < -0.3 is 4.84 Å². The fourth-order valence-electron chi connectivity index (χ4n) is 2.04. The quantitative estimate of drug-likeness (QED) is 0.737. The van der Waals surface area contributed by atoms with E-state index in [1.165, 1.54) is 11.1 Å². The van der Waals surface area contributed by atoms with Crippen LogP contribution in [0.1, 0.15) is 5.56 Å². The van der Waals surface area contributed by atoms with Crippen molar-refractivity contribution in [2.24, 2.45) is 0 Å². The van der Waals surface area contributed by atoms with E-state index in [0.717, 1.165) is 11.3 Å². The van der Waals surface area contributed by atoms with Gasteiger partial charge in [0, 0.05) is 5.56 Å². The lowest BCUT2D eigenvalue weighted by molar-refractivity contribution is 0.330. The Morgan fingerprint density at radius 1 is 0.778 bits per heavy atom. The third-order valence-corrected chi connectivity index (χ3v) is 2.88. The summed E-state index contributed by atoms with van der Waals surface area (Å²) in [6.07, 6.45) is 7.53. The molecule has 1 N–H and O–H groups in total. The lowest BCUT2D eigenvalue weighted by atomic mass is 9.98. The zero-order chi connectivity index (χ0) is 12.2. The third kappa shape index (κ3) is 2.00. The second-order valence-electron chi connectivity index (χ2n) is 4.04. The van der Waals surface area contributed by atoms with Gasteiger partial charge >= 0.3 is 0 Å². The van der Waals surface area contributed by atoms with Gasteiger partial charge in [-0.05, 0) is 23.3 Å². The number of para-hydroxylation sites is 1. The topological polar surface area (TPSA) is 21.3 Å². The number of nitrogens with one attached hydrogen (secondary N) is 1. The van der Waals surface area contributed by atoms with E-state index in [1.54, 1.807) is 6.26 Å². The van der Waals surface area contributed by atoms with Crippen molar-refractivity contribution >= 4 is 11.8 Å². The molecule has 0 atom stereocenters. The van der Waals surface area contributed by atoms with Crippen molar-refractivity contribution in [3.63, 3.8) is 0 Å². The van der Waals surface area contributed by atoms with Gasteiger partial charge in [-0.3, -0.25) is 0 Å². The van der Waals surface area contributed by atoms with Gasteiger partial charge in [-0.15, -0.1) is 0 Å². The molecule has 2 aromatic rings. The fraction of sp³-hybridized carbons (Fsp3) is 0. The van der Waals surface area contributed by atoms with Crippen LogP contribution in [0.25, 0.3) is 17.2 Å². The Morgan fingerprint density at radius 3 is 2.50 bits per heavy atom. The first kappa shape index (κ1) is 10.7. The van der Waals surface area contributed by atoms with Crippen molar-refractivity contribution in [1.29, 1.82) is 0 Å². The van der Waals surface area contributed by atoms with Gasteiger partial charge in [0.2, 0.25) is 0 Å². The van der Waals surface area contributed by atoms with Crippen LogP contribution in [-0.4, -0.2) is 0 Å². The number of allylic oxidation sites excluding steroid dienone is 2. The first-order valence-electron chi connectivity index (χ1n) is 5.88. The van der Waals surface area contributed by atoms with E-state index in [4.69, 9.17) is 4.84 Å². The second kappa shape index (κ2) is 4.80. The molecule has 2 aromatic carbocycles. The summed E-state index contributed by atoms with van der Waals surface area (Å²) in [5.41, 5.74) is 7.43. The van der Waals surface area contributed by atoms with Crippen molar-refractivity contribution in [3.8, 4) is 11.1 Å². The lowest BCUT2D eigenvalue weighted by Crippen LogP contribution is -1.98. The summed E-state index contributed by atoms with van der Waals surface area (Å²) >= 11 is 0. The number of anilines is 1. The molecular weight excluding hydrogens is 222 g/mol. The Balaban J connectivity index is 2.23. The molecule has 0 saturated heterocycles. The largest absolute Gasteiger partial charge is 0.390 e. The van der Waals surface area contributed by atoms with Crippen molar-refractivity contribution in [1.82, 2.24) is 0 Å². The van der Waals surface area contributed by atoms with Gasteiger partial charge in [-0.25, -0.2) is 5.48 Å². The van der Waals surface area contributed by atoms with Crippen LogP contribution in [0.2, 0.25) is 0 Å². The van der Waals surface area contributed by atoms with E-state index in [1.807, 2.05) is 42.5 Å². The molecule has 0 bridgehead atoms. The molecule has 0 aromatic heterocycles. The highest BCUT2D eigenvalue weighted by molar-refractivity contribution is 5.83. The average molecular weight is 235 g/mol. The van der Waals surface area contributed by atoms with Crippen LogP contribution in [0.4, 0.5) is 5.69 Å². The van der Waals surface area contributed by atoms with E-state index in [0.29, 0.717) is 0 Å². The van der Waals surface area contributed by atoms with Crippen molar-refractivity contribution in [3.05, 3.63) is 72.5 Å². The Bertz CT molecular complexity index is 614. The SMILES string of the molecule is C1=C\ONc2ccccc2-c2ccccc2/C=C/1. The van der Waals surface area contributed by atoms with E-state index in [9.17, 15) is 0 Å². The normalized spacial score (nSPS) is 16.4. The van der Waals surface area contributed by atoms with E-state index < -0.39 is 0 Å². The highest BCUT2D eigenvalue weighted by atomic mass is 16.6. The summed E-state index contributed by atoms with van der Waals surface area (Å²) in [4.78, 5) is 5.27. The molecule has 3 rings (SSSR count). The molecule has 0 saturated carbocycles. The minimum absolute atomic E-state index is 0.963. The molecule has 1 heterocycles. The van der Waals surface area contributed by atoms with Gasteiger partial charge in [0.25, 0.3) is 0 Å². The highest BCUT2D eigenvalue weighted by Gasteiger charge is 2.07. The van der Waals surface area contributed by atoms with E-state index in [2.05, 4.69) is 29.8 Å². The van der Waals surface area contributed by atoms with Crippen LogP contribution < -0.4 is 5.48 Å². The van der Waals surface area contributed by atoms with Crippen LogP contribution in [-0.2, 0) is 4.84 Å². The highest BCUT2D eigenvalue weighted by Crippen LogP contribution is 2.31. The van der Waals surface area contributed by atoms with Crippen LogP contribution in [0.3, 0.4) is 0 Å². The van der Waals surface area contributed by atoms with Crippen LogP contribution in [0.15, 0.2) is 66.9 Å². The molecular formula is C16H13NO.